The SMILES string of the molecule is O=C(Cc1ccc(OC(F)(F)F)cc1)N1CCN(c2nnc3ccccn23)CC1. The normalized spacial score (nSPS) is 15.0. The molecule has 4 rings (SSSR count). The summed E-state index contributed by atoms with van der Waals surface area (Å²) in [4.78, 5) is 16.4. The lowest BCUT2D eigenvalue weighted by molar-refractivity contribution is -0.274. The Hall–Kier alpha value is -3.30. The van der Waals surface area contributed by atoms with Crippen LogP contribution in [0.1, 0.15) is 5.56 Å². The van der Waals surface area contributed by atoms with Crippen LogP contribution in [0.5, 0.6) is 5.75 Å². The predicted octanol–water partition coefficient (Wildman–Crippen LogP) is 2.52. The molecular formula is C19H18F3N5O2. The molecule has 0 bridgehead atoms. The number of rotatable bonds is 4. The van der Waals surface area contributed by atoms with Crippen LogP contribution in [0.4, 0.5) is 19.1 Å². The number of amides is 1. The van der Waals surface area contributed by atoms with Gasteiger partial charge in [0, 0.05) is 32.4 Å². The van der Waals surface area contributed by atoms with Crippen LogP contribution >= 0.6 is 0 Å². The molecule has 1 aliphatic rings. The Balaban J connectivity index is 1.33. The Morgan fingerprint density at radius 3 is 2.41 bits per heavy atom. The third-order valence-electron chi connectivity index (χ3n) is 4.72. The third kappa shape index (κ3) is 4.41. The number of carbonyl (C=O) groups excluding carboxylic acids is 1. The second-order valence-electron chi connectivity index (χ2n) is 6.67. The van der Waals surface area contributed by atoms with Gasteiger partial charge >= 0.3 is 6.36 Å². The number of benzene rings is 1. The quantitative estimate of drug-likeness (QED) is 0.668. The number of alkyl halides is 3. The molecule has 1 aromatic carbocycles. The minimum absolute atomic E-state index is 0.0692. The van der Waals surface area contributed by atoms with Crippen molar-refractivity contribution in [1.29, 1.82) is 0 Å². The average molecular weight is 405 g/mol. The second-order valence-corrected chi connectivity index (χ2v) is 6.67. The molecule has 2 aromatic heterocycles. The molecule has 1 amide bonds. The zero-order valence-corrected chi connectivity index (χ0v) is 15.3. The number of hydrogen-bond acceptors (Lipinski definition) is 5. The van der Waals surface area contributed by atoms with Crippen molar-refractivity contribution >= 4 is 17.5 Å². The number of aromatic nitrogens is 3. The summed E-state index contributed by atoms with van der Waals surface area (Å²) in [5.74, 6) is 0.371. The van der Waals surface area contributed by atoms with E-state index in [0.717, 1.165) is 11.6 Å². The summed E-state index contributed by atoms with van der Waals surface area (Å²) in [5.41, 5.74) is 1.40. The summed E-state index contributed by atoms with van der Waals surface area (Å²) in [7, 11) is 0. The molecule has 3 heterocycles. The maximum atomic E-state index is 12.5. The minimum Gasteiger partial charge on any atom is -0.406 e. The van der Waals surface area contributed by atoms with Gasteiger partial charge in [0.05, 0.1) is 6.42 Å². The summed E-state index contributed by atoms with van der Waals surface area (Å²) in [6.45, 7) is 2.32. The molecule has 1 saturated heterocycles. The Morgan fingerprint density at radius 2 is 1.72 bits per heavy atom. The summed E-state index contributed by atoms with van der Waals surface area (Å²) < 4.78 is 42.4. The van der Waals surface area contributed by atoms with E-state index >= 15 is 0 Å². The zero-order chi connectivity index (χ0) is 20.4. The van der Waals surface area contributed by atoms with Crippen LogP contribution in [-0.4, -0.2) is 57.9 Å². The van der Waals surface area contributed by atoms with Crippen LogP contribution in [0.3, 0.4) is 0 Å². The highest BCUT2D eigenvalue weighted by molar-refractivity contribution is 5.79. The van der Waals surface area contributed by atoms with Crippen molar-refractivity contribution in [2.75, 3.05) is 31.1 Å². The molecule has 1 aliphatic heterocycles. The van der Waals surface area contributed by atoms with Crippen molar-refractivity contribution in [2.45, 2.75) is 12.8 Å². The smallest absolute Gasteiger partial charge is 0.406 e. The first-order chi connectivity index (χ1) is 13.9. The van der Waals surface area contributed by atoms with Gasteiger partial charge in [0.1, 0.15) is 5.75 Å². The van der Waals surface area contributed by atoms with Gasteiger partial charge in [-0.15, -0.1) is 23.4 Å². The largest absolute Gasteiger partial charge is 0.573 e. The van der Waals surface area contributed by atoms with E-state index in [9.17, 15) is 18.0 Å². The van der Waals surface area contributed by atoms with Crippen LogP contribution < -0.4 is 9.64 Å². The Kier molecular flexibility index (Phi) is 4.99. The first-order valence-electron chi connectivity index (χ1n) is 9.06. The Bertz CT molecular complexity index is 995. The van der Waals surface area contributed by atoms with Gasteiger partial charge < -0.3 is 14.5 Å². The average Bonchev–Trinajstić information content (AvgIpc) is 3.13. The molecule has 0 spiro atoms. The Labute approximate surface area is 164 Å². The van der Waals surface area contributed by atoms with Crippen molar-refractivity contribution in [2.24, 2.45) is 0 Å². The number of ether oxygens (including phenoxy) is 1. The number of hydrogen-bond donors (Lipinski definition) is 0. The maximum Gasteiger partial charge on any atom is 0.573 e. The molecule has 0 radical (unpaired) electrons. The number of pyridine rings is 1. The van der Waals surface area contributed by atoms with Gasteiger partial charge in [-0.1, -0.05) is 18.2 Å². The van der Waals surface area contributed by atoms with Crippen molar-refractivity contribution < 1.29 is 22.7 Å². The van der Waals surface area contributed by atoms with Gasteiger partial charge in [-0.05, 0) is 29.8 Å². The number of fused-ring (bicyclic) bond motifs is 1. The number of anilines is 1. The first-order valence-corrected chi connectivity index (χ1v) is 9.06. The molecule has 152 valence electrons. The molecule has 7 nitrogen and oxygen atoms in total. The van der Waals surface area contributed by atoms with Crippen LogP contribution in [-0.2, 0) is 11.2 Å². The lowest BCUT2D eigenvalue weighted by Crippen LogP contribution is -2.49. The monoisotopic (exact) mass is 405 g/mol. The standard InChI is InChI=1S/C19H18F3N5O2/c20-19(21,22)29-15-6-4-14(5-7-15)13-17(28)25-9-11-26(12-10-25)18-24-23-16-3-1-2-8-27(16)18/h1-8H,9-13H2. The summed E-state index contributed by atoms with van der Waals surface area (Å²) in [5, 5.41) is 8.38. The van der Waals surface area contributed by atoms with Crippen LogP contribution in [0.15, 0.2) is 48.7 Å². The maximum absolute atomic E-state index is 12.5. The van der Waals surface area contributed by atoms with Gasteiger partial charge in [0.2, 0.25) is 11.9 Å². The molecule has 10 heteroatoms. The van der Waals surface area contributed by atoms with Gasteiger partial charge in [-0.3, -0.25) is 9.20 Å². The number of nitrogens with zero attached hydrogens (tertiary/aromatic N) is 5. The lowest BCUT2D eigenvalue weighted by atomic mass is 10.1. The van der Waals surface area contributed by atoms with E-state index in [0.29, 0.717) is 31.7 Å². The Morgan fingerprint density at radius 1 is 1.00 bits per heavy atom. The third-order valence-corrected chi connectivity index (χ3v) is 4.72. The number of piperazine rings is 1. The summed E-state index contributed by atoms with van der Waals surface area (Å²) >= 11 is 0. The fourth-order valence-electron chi connectivity index (χ4n) is 3.30. The molecule has 0 N–H and O–H groups in total. The zero-order valence-electron chi connectivity index (χ0n) is 15.3. The van der Waals surface area contributed by atoms with Crippen molar-refractivity contribution in [1.82, 2.24) is 19.5 Å². The molecule has 3 aromatic rings. The van der Waals surface area contributed by atoms with Gasteiger partial charge in [-0.2, -0.15) is 0 Å². The number of halogens is 3. The molecule has 0 saturated carbocycles. The lowest BCUT2D eigenvalue weighted by Gasteiger charge is -2.34. The van der Waals surface area contributed by atoms with E-state index in [1.807, 2.05) is 28.8 Å². The van der Waals surface area contributed by atoms with Gasteiger partial charge in [0.15, 0.2) is 5.65 Å². The molecule has 0 atom stereocenters. The predicted molar refractivity (Wildman–Crippen MR) is 98.6 cm³/mol. The first kappa shape index (κ1) is 19.0. The van der Waals surface area contributed by atoms with Crippen LogP contribution in [0.25, 0.3) is 5.65 Å². The van der Waals surface area contributed by atoms with Crippen molar-refractivity contribution in [3.63, 3.8) is 0 Å². The van der Waals surface area contributed by atoms with E-state index < -0.39 is 6.36 Å². The van der Waals surface area contributed by atoms with Crippen molar-refractivity contribution in [3.05, 3.63) is 54.2 Å². The van der Waals surface area contributed by atoms with Crippen molar-refractivity contribution in [3.8, 4) is 5.75 Å². The summed E-state index contributed by atoms with van der Waals surface area (Å²) in [6, 6.07) is 11.0. The van der Waals surface area contributed by atoms with Crippen LogP contribution in [0, 0.1) is 0 Å². The van der Waals surface area contributed by atoms with E-state index in [-0.39, 0.29) is 18.1 Å². The fourth-order valence-corrected chi connectivity index (χ4v) is 3.30. The van der Waals surface area contributed by atoms with Gasteiger partial charge in [-0.25, -0.2) is 0 Å². The van der Waals surface area contributed by atoms with E-state index in [4.69, 9.17) is 0 Å². The molecule has 0 aliphatic carbocycles. The highest BCUT2D eigenvalue weighted by Crippen LogP contribution is 2.23. The number of carbonyl (C=O) groups is 1. The van der Waals surface area contributed by atoms with E-state index in [2.05, 4.69) is 19.8 Å². The molecular weight excluding hydrogens is 387 g/mol. The topological polar surface area (TPSA) is 63.0 Å². The highest BCUT2D eigenvalue weighted by Gasteiger charge is 2.31. The highest BCUT2D eigenvalue weighted by atomic mass is 19.4. The second kappa shape index (κ2) is 7.61. The van der Waals surface area contributed by atoms with Crippen LogP contribution in [0.2, 0.25) is 0 Å². The summed E-state index contributed by atoms with van der Waals surface area (Å²) in [6.07, 6.45) is -2.71. The van der Waals surface area contributed by atoms with E-state index in [1.54, 1.807) is 4.90 Å². The van der Waals surface area contributed by atoms with E-state index in [1.165, 1.54) is 24.3 Å². The molecule has 29 heavy (non-hydrogen) atoms. The minimum atomic E-state index is -4.73. The fraction of sp³-hybridized carbons (Fsp3) is 0.316. The molecule has 1 fully saturated rings. The van der Waals surface area contributed by atoms with Gasteiger partial charge in [0.25, 0.3) is 0 Å². The molecule has 0 unspecified atom stereocenters.